The molecule has 166 valence electrons. The summed E-state index contributed by atoms with van der Waals surface area (Å²) >= 11 is 0. The van der Waals surface area contributed by atoms with Gasteiger partial charge in [0.25, 0.3) is 0 Å². The molecule has 1 aliphatic heterocycles. The van der Waals surface area contributed by atoms with Crippen LogP contribution in [0.4, 0.5) is 11.5 Å². The molecule has 0 saturated carbocycles. The smallest absolute Gasteiger partial charge is 0.308 e. The van der Waals surface area contributed by atoms with Crippen molar-refractivity contribution in [2.24, 2.45) is 10.2 Å². The van der Waals surface area contributed by atoms with Crippen LogP contribution in [0, 0.1) is 6.92 Å². The predicted molar refractivity (Wildman–Crippen MR) is 118 cm³/mol. The number of pyridine rings is 1. The van der Waals surface area contributed by atoms with Gasteiger partial charge in [-0.3, -0.25) is 4.79 Å². The zero-order chi connectivity index (χ0) is 21.9. The van der Waals surface area contributed by atoms with Gasteiger partial charge in [-0.25, -0.2) is 4.98 Å². The summed E-state index contributed by atoms with van der Waals surface area (Å²) in [6.07, 6.45) is 1.33. The fourth-order valence-corrected chi connectivity index (χ4v) is 3.34. The Hall–Kier alpha value is -2.84. The number of carbonyl (C=O) groups excluding carboxylic acids is 1. The van der Waals surface area contributed by atoms with Crippen LogP contribution in [0.25, 0.3) is 0 Å². The van der Waals surface area contributed by atoms with Crippen molar-refractivity contribution >= 4 is 17.5 Å². The Kier molecular flexibility index (Phi) is 8.93. The van der Waals surface area contributed by atoms with E-state index >= 15 is 0 Å². The summed E-state index contributed by atoms with van der Waals surface area (Å²) < 4.78 is 10.6. The topological polar surface area (TPSA) is 96.6 Å². The van der Waals surface area contributed by atoms with Crippen molar-refractivity contribution in [2.75, 3.05) is 44.4 Å². The Morgan fingerprint density at radius 3 is 2.87 bits per heavy atom. The molecular weight excluding hydrogens is 396 g/mol. The second-order valence-corrected chi connectivity index (χ2v) is 7.46. The van der Waals surface area contributed by atoms with Gasteiger partial charge in [0.05, 0.1) is 39.4 Å². The van der Waals surface area contributed by atoms with Crippen LogP contribution in [-0.2, 0) is 27.2 Å². The molecule has 0 amide bonds. The van der Waals surface area contributed by atoms with Gasteiger partial charge < -0.3 is 19.5 Å². The molecule has 0 spiro atoms. The Morgan fingerprint density at radius 1 is 1.26 bits per heavy atom. The Bertz CT molecular complexity index is 882. The van der Waals surface area contributed by atoms with E-state index in [-0.39, 0.29) is 19.0 Å². The standard InChI is InChI=1S/C23H30N4O4/c1-18-4-2-5-19(14-18)17-24-26-22-16-21(27-8-12-30-13-9-27)15-20(25-22)6-3-11-31-23(29)7-10-28/h2,4-5,14-16,28H,3,6-13,17H2,1H3. The minimum absolute atomic E-state index is 0.0240. The fraction of sp³-hybridized carbons (Fsp3) is 0.478. The summed E-state index contributed by atoms with van der Waals surface area (Å²) in [5.74, 6) is 0.187. The van der Waals surface area contributed by atoms with Gasteiger partial charge in [-0.15, -0.1) is 5.11 Å². The van der Waals surface area contributed by atoms with Crippen molar-refractivity contribution in [3.8, 4) is 0 Å². The van der Waals surface area contributed by atoms with E-state index in [1.807, 2.05) is 18.2 Å². The average Bonchev–Trinajstić information content (AvgIpc) is 2.77. The molecule has 0 atom stereocenters. The maximum absolute atomic E-state index is 11.4. The normalized spacial score (nSPS) is 14.2. The van der Waals surface area contributed by atoms with Gasteiger partial charge in [0.1, 0.15) is 0 Å². The summed E-state index contributed by atoms with van der Waals surface area (Å²) in [5.41, 5.74) is 4.24. The highest BCUT2D eigenvalue weighted by Gasteiger charge is 2.14. The third-order valence-electron chi connectivity index (χ3n) is 4.89. The first-order valence-electron chi connectivity index (χ1n) is 10.7. The van der Waals surface area contributed by atoms with Gasteiger partial charge in [-0.2, -0.15) is 5.11 Å². The lowest BCUT2D eigenvalue weighted by molar-refractivity contribution is -0.144. The molecule has 1 aliphatic rings. The summed E-state index contributed by atoms with van der Waals surface area (Å²) in [7, 11) is 0. The molecule has 1 fully saturated rings. The van der Waals surface area contributed by atoms with Crippen LogP contribution in [0.1, 0.15) is 29.7 Å². The quantitative estimate of drug-likeness (QED) is 0.355. The lowest BCUT2D eigenvalue weighted by atomic mass is 10.1. The number of nitrogens with zero attached hydrogens (tertiary/aromatic N) is 4. The van der Waals surface area contributed by atoms with Crippen LogP contribution in [0.5, 0.6) is 0 Å². The average molecular weight is 427 g/mol. The lowest BCUT2D eigenvalue weighted by Gasteiger charge is -2.29. The number of morpholine rings is 1. The van der Waals surface area contributed by atoms with Crippen molar-refractivity contribution in [2.45, 2.75) is 32.7 Å². The summed E-state index contributed by atoms with van der Waals surface area (Å²) in [4.78, 5) is 18.3. The lowest BCUT2D eigenvalue weighted by Crippen LogP contribution is -2.36. The van der Waals surface area contributed by atoms with E-state index in [0.29, 0.717) is 45.0 Å². The molecule has 0 unspecified atom stereocenters. The maximum atomic E-state index is 11.4. The SMILES string of the molecule is Cc1cccc(CN=Nc2cc(N3CCOCC3)cc(CCCOC(=O)CCO)n2)c1. The zero-order valence-corrected chi connectivity index (χ0v) is 18.0. The van der Waals surface area contributed by atoms with Gasteiger partial charge in [0.2, 0.25) is 0 Å². The number of aromatic nitrogens is 1. The van der Waals surface area contributed by atoms with Gasteiger partial charge in [0.15, 0.2) is 5.82 Å². The second kappa shape index (κ2) is 12.1. The minimum atomic E-state index is -0.386. The number of esters is 1. The van der Waals surface area contributed by atoms with Crippen molar-refractivity contribution in [1.29, 1.82) is 0 Å². The molecule has 2 heterocycles. The number of azo groups is 1. The van der Waals surface area contributed by atoms with Crippen LogP contribution in [-0.4, -0.2) is 55.6 Å². The number of aliphatic hydroxyl groups excluding tert-OH is 1. The Morgan fingerprint density at radius 2 is 2.10 bits per heavy atom. The number of benzene rings is 1. The minimum Gasteiger partial charge on any atom is -0.466 e. The van der Waals surface area contributed by atoms with E-state index in [4.69, 9.17) is 14.6 Å². The molecule has 0 radical (unpaired) electrons. The van der Waals surface area contributed by atoms with Gasteiger partial charge in [-0.05, 0) is 31.4 Å². The molecule has 0 bridgehead atoms. The number of rotatable bonds is 10. The number of hydrogen-bond donors (Lipinski definition) is 1. The van der Waals surface area contributed by atoms with Crippen LogP contribution >= 0.6 is 0 Å². The van der Waals surface area contributed by atoms with Gasteiger partial charge >= 0.3 is 5.97 Å². The van der Waals surface area contributed by atoms with E-state index in [2.05, 4.69) is 45.2 Å². The molecular formula is C23H30N4O4. The van der Waals surface area contributed by atoms with Crippen molar-refractivity contribution < 1.29 is 19.4 Å². The van der Waals surface area contributed by atoms with E-state index in [1.54, 1.807) is 0 Å². The number of hydrogen-bond acceptors (Lipinski definition) is 8. The highest BCUT2D eigenvalue weighted by atomic mass is 16.5. The Balaban J connectivity index is 1.67. The molecule has 2 aromatic rings. The second-order valence-electron chi connectivity index (χ2n) is 7.46. The highest BCUT2D eigenvalue weighted by molar-refractivity contribution is 5.69. The molecule has 1 aromatic carbocycles. The van der Waals surface area contributed by atoms with Crippen LogP contribution in [0.2, 0.25) is 0 Å². The molecule has 1 N–H and O–H groups in total. The molecule has 31 heavy (non-hydrogen) atoms. The molecule has 8 nitrogen and oxygen atoms in total. The molecule has 1 saturated heterocycles. The predicted octanol–water partition coefficient (Wildman–Crippen LogP) is 3.37. The number of aliphatic hydroxyl groups is 1. The van der Waals surface area contributed by atoms with Crippen LogP contribution in [0.3, 0.4) is 0 Å². The van der Waals surface area contributed by atoms with E-state index in [0.717, 1.165) is 30.0 Å². The van der Waals surface area contributed by atoms with Gasteiger partial charge in [0, 0.05) is 30.5 Å². The first kappa shape index (κ1) is 22.8. The Labute approximate surface area is 182 Å². The number of anilines is 1. The first-order chi connectivity index (χ1) is 15.1. The molecule has 3 rings (SSSR count). The van der Waals surface area contributed by atoms with Crippen molar-refractivity contribution in [3.63, 3.8) is 0 Å². The van der Waals surface area contributed by atoms with E-state index in [1.165, 1.54) is 5.56 Å². The largest absolute Gasteiger partial charge is 0.466 e. The third-order valence-corrected chi connectivity index (χ3v) is 4.89. The first-order valence-corrected chi connectivity index (χ1v) is 10.7. The van der Waals surface area contributed by atoms with E-state index in [9.17, 15) is 4.79 Å². The van der Waals surface area contributed by atoms with Gasteiger partial charge in [-0.1, -0.05) is 29.8 Å². The van der Waals surface area contributed by atoms with Crippen molar-refractivity contribution in [3.05, 3.63) is 53.2 Å². The molecule has 0 aliphatic carbocycles. The molecule has 1 aromatic heterocycles. The van der Waals surface area contributed by atoms with Crippen molar-refractivity contribution in [1.82, 2.24) is 4.98 Å². The summed E-state index contributed by atoms with van der Waals surface area (Å²) in [6, 6.07) is 12.2. The van der Waals surface area contributed by atoms with Crippen LogP contribution < -0.4 is 4.90 Å². The fourth-order valence-electron chi connectivity index (χ4n) is 3.34. The summed E-state index contributed by atoms with van der Waals surface area (Å²) in [5, 5.41) is 17.5. The van der Waals surface area contributed by atoms with Crippen LogP contribution in [0.15, 0.2) is 46.6 Å². The number of carbonyl (C=O) groups is 1. The number of aryl methyl sites for hydroxylation is 2. The highest BCUT2D eigenvalue weighted by Crippen LogP contribution is 2.24. The third kappa shape index (κ3) is 7.73. The maximum Gasteiger partial charge on any atom is 0.308 e. The monoisotopic (exact) mass is 426 g/mol. The summed E-state index contributed by atoms with van der Waals surface area (Å²) in [6.45, 7) is 5.70. The zero-order valence-electron chi connectivity index (χ0n) is 18.0. The van der Waals surface area contributed by atoms with E-state index < -0.39 is 0 Å². The number of ether oxygens (including phenoxy) is 2. The molecule has 8 heteroatoms.